The number of para-hydroxylation sites is 1. The third-order valence-electron chi connectivity index (χ3n) is 2.64. The van der Waals surface area contributed by atoms with Gasteiger partial charge in [0, 0.05) is 5.56 Å². The number of aromatic amines is 1. The minimum atomic E-state index is -0.290. The van der Waals surface area contributed by atoms with Gasteiger partial charge in [-0.25, -0.2) is 14.3 Å². The lowest BCUT2D eigenvalue weighted by Crippen LogP contribution is -2.10. The number of aromatic nitrogens is 3. The molecule has 0 radical (unpaired) electrons. The van der Waals surface area contributed by atoms with E-state index >= 15 is 0 Å². The molecule has 16 heavy (non-hydrogen) atoms. The molecule has 0 saturated heterocycles. The number of aliphatic hydroxyl groups excluding tert-OH is 1. The van der Waals surface area contributed by atoms with E-state index < -0.39 is 0 Å². The van der Waals surface area contributed by atoms with Gasteiger partial charge in [-0.3, -0.25) is 0 Å². The van der Waals surface area contributed by atoms with Crippen molar-refractivity contribution in [3.05, 3.63) is 46.4 Å². The van der Waals surface area contributed by atoms with Crippen LogP contribution in [0.4, 0.5) is 0 Å². The molecule has 0 fully saturated rings. The molecule has 0 spiro atoms. The monoisotopic (exact) mass is 215 g/mol. The van der Waals surface area contributed by atoms with Crippen LogP contribution in [0.1, 0.15) is 5.56 Å². The number of rotatable bonds is 1. The number of aliphatic hydroxyl groups is 1. The van der Waals surface area contributed by atoms with E-state index in [-0.39, 0.29) is 12.3 Å². The molecular formula is C11H9N3O2. The van der Waals surface area contributed by atoms with Crippen LogP contribution >= 0.6 is 0 Å². The first-order valence-electron chi connectivity index (χ1n) is 4.90. The Hall–Kier alpha value is -2.14. The zero-order chi connectivity index (χ0) is 11.1. The predicted molar refractivity (Wildman–Crippen MR) is 59.2 cm³/mol. The highest BCUT2D eigenvalue weighted by Gasteiger charge is 2.09. The van der Waals surface area contributed by atoms with Crippen LogP contribution in [0.2, 0.25) is 0 Å². The summed E-state index contributed by atoms with van der Waals surface area (Å²) in [6, 6.07) is 9.33. The number of hydrogen-bond acceptors (Lipinski definition) is 3. The number of nitrogens with zero attached hydrogens (tertiary/aromatic N) is 2. The third kappa shape index (κ3) is 1.09. The number of nitrogens with one attached hydrogen (secondary N) is 1. The van der Waals surface area contributed by atoms with Crippen LogP contribution < -0.4 is 5.69 Å². The number of hydrogen-bond donors (Lipinski definition) is 2. The number of pyridine rings is 1. The van der Waals surface area contributed by atoms with Gasteiger partial charge in [0.2, 0.25) is 0 Å². The normalized spacial score (nSPS) is 11.3. The van der Waals surface area contributed by atoms with E-state index in [0.29, 0.717) is 11.2 Å². The van der Waals surface area contributed by atoms with E-state index in [1.54, 1.807) is 0 Å². The molecule has 0 aliphatic heterocycles. The summed E-state index contributed by atoms with van der Waals surface area (Å²) in [5, 5.41) is 16.4. The van der Waals surface area contributed by atoms with E-state index in [0.717, 1.165) is 10.9 Å². The fraction of sp³-hybridized carbons (Fsp3) is 0.0909. The molecule has 0 bridgehead atoms. The Morgan fingerprint density at radius 3 is 3.00 bits per heavy atom. The van der Waals surface area contributed by atoms with Crippen LogP contribution in [-0.2, 0) is 6.61 Å². The summed E-state index contributed by atoms with van der Waals surface area (Å²) in [7, 11) is 0. The Morgan fingerprint density at radius 2 is 2.19 bits per heavy atom. The molecule has 1 aromatic carbocycles. The Bertz CT molecular complexity index is 727. The highest BCUT2D eigenvalue weighted by Crippen LogP contribution is 2.18. The lowest BCUT2D eigenvalue weighted by molar-refractivity contribution is 0.283. The third-order valence-corrected chi connectivity index (χ3v) is 2.64. The van der Waals surface area contributed by atoms with Gasteiger partial charge in [-0.1, -0.05) is 18.2 Å². The van der Waals surface area contributed by atoms with Gasteiger partial charge in [0.1, 0.15) is 0 Å². The van der Waals surface area contributed by atoms with Crippen LogP contribution in [0.3, 0.4) is 0 Å². The van der Waals surface area contributed by atoms with E-state index in [4.69, 9.17) is 0 Å². The summed E-state index contributed by atoms with van der Waals surface area (Å²) < 4.78 is 1.47. The first-order chi connectivity index (χ1) is 7.81. The smallest absolute Gasteiger partial charge is 0.348 e. The van der Waals surface area contributed by atoms with Crippen molar-refractivity contribution in [3.63, 3.8) is 0 Å². The highest BCUT2D eigenvalue weighted by molar-refractivity contribution is 5.83. The van der Waals surface area contributed by atoms with Crippen molar-refractivity contribution in [1.29, 1.82) is 0 Å². The molecule has 2 aromatic heterocycles. The van der Waals surface area contributed by atoms with Gasteiger partial charge in [0.05, 0.1) is 12.1 Å². The molecule has 3 rings (SSSR count). The fourth-order valence-corrected chi connectivity index (χ4v) is 1.92. The van der Waals surface area contributed by atoms with E-state index in [2.05, 4.69) is 10.2 Å². The first kappa shape index (κ1) is 9.11. The molecule has 3 aromatic rings. The SMILES string of the molecule is O=c1[nH]nc2c(CO)cc3ccccc3n12. The summed E-state index contributed by atoms with van der Waals surface area (Å²) in [4.78, 5) is 11.6. The summed E-state index contributed by atoms with van der Waals surface area (Å²) in [6.45, 7) is -0.140. The summed E-state index contributed by atoms with van der Waals surface area (Å²) >= 11 is 0. The maximum atomic E-state index is 11.6. The van der Waals surface area contributed by atoms with Gasteiger partial charge in [-0.2, -0.15) is 5.10 Å². The minimum Gasteiger partial charge on any atom is -0.392 e. The topological polar surface area (TPSA) is 70.4 Å². The van der Waals surface area contributed by atoms with Crippen LogP contribution in [0.25, 0.3) is 16.6 Å². The first-order valence-corrected chi connectivity index (χ1v) is 4.90. The quantitative estimate of drug-likeness (QED) is 0.626. The van der Waals surface area contributed by atoms with Crippen LogP contribution in [0.5, 0.6) is 0 Å². The van der Waals surface area contributed by atoms with Crippen LogP contribution in [0.15, 0.2) is 35.1 Å². The zero-order valence-electron chi connectivity index (χ0n) is 8.34. The van der Waals surface area contributed by atoms with E-state index in [1.165, 1.54) is 4.40 Å². The van der Waals surface area contributed by atoms with Gasteiger partial charge in [0.25, 0.3) is 0 Å². The second kappa shape index (κ2) is 3.18. The van der Waals surface area contributed by atoms with Crippen molar-refractivity contribution in [2.45, 2.75) is 6.61 Å². The molecule has 2 N–H and O–H groups in total. The fourth-order valence-electron chi connectivity index (χ4n) is 1.92. The molecule has 2 heterocycles. The van der Waals surface area contributed by atoms with E-state index in [9.17, 15) is 9.90 Å². The van der Waals surface area contributed by atoms with Gasteiger partial charge < -0.3 is 5.11 Å². The highest BCUT2D eigenvalue weighted by atomic mass is 16.3. The Morgan fingerprint density at radius 1 is 1.38 bits per heavy atom. The lowest BCUT2D eigenvalue weighted by atomic mass is 10.1. The molecule has 80 valence electrons. The molecule has 5 heteroatoms. The molecule has 0 aliphatic rings. The Kier molecular flexibility index (Phi) is 1.81. The summed E-state index contributed by atoms with van der Waals surface area (Å²) in [5.74, 6) is 0. The Balaban J connectivity index is 2.65. The van der Waals surface area contributed by atoms with Crippen LogP contribution in [0, 0.1) is 0 Å². The molecular weight excluding hydrogens is 206 g/mol. The second-order valence-corrected chi connectivity index (χ2v) is 3.57. The number of fused-ring (bicyclic) bond motifs is 3. The van der Waals surface area contributed by atoms with Crippen molar-refractivity contribution in [2.75, 3.05) is 0 Å². The summed E-state index contributed by atoms with van der Waals surface area (Å²) in [6.07, 6.45) is 0. The molecule has 0 amide bonds. The molecule has 0 unspecified atom stereocenters. The van der Waals surface area contributed by atoms with Gasteiger partial charge in [-0.15, -0.1) is 0 Å². The maximum Gasteiger partial charge on any atom is 0.348 e. The van der Waals surface area contributed by atoms with Crippen LogP contribution in [-0.4, -0.2) is 19.7 Å². The predicted octanol–water partition coefficient (Wildman–Crippen LogP) is 0.668. The number of H-pyrrole nitrogens is 1. The average molecular weight is 215 g/mol. The van der Waals surface area contributed by atoms with Gasteiger partial charge in [-0.05, 0) is 17.5 Å². The maximum absolute atomic E-state index is 11.6. The average Bonchev–Trinajstić information content (AvgIpc) is 2.71. The number of benzene rings is 1. The van der Waals surface area contributed by atoms with Crippen molar-refractivity contribution >= 4 is 16.6 Å². The van der Waals surface area contributed by atoms with Gasteiger partial charge in [0.15, 0.2) is 5.65 Å². The zero-order valence-corrected chi connectivity index (χ0v) is 8.34. The summed E-state index contributed by atoms with van der Waals surface area (Å²) in [5.41, 5.74) is 1.61. The van der Waals surface area contributed by atoms with Crippen molar-refractivity contribution in [3.8, 4) is 0 Å². The van der Waals surface area contributed by atoms with Crippen molar-refractivity contribution < 1.29 is 5.11 Å². The van der Waals surface area contributed by atoms with Gasteiger partial charge >= 0.3 is 5.69 Å². The second-order valence-electron chi connectivity index (χ2n) is 3.57. The van der Waals surface area contributed by atoms with Crippen molar-refractivity contribution in [1.82, 2.24) is 14.6 Å². The molecule has 0 aliphatic carbocycles. The lowest BCUT2D eigenvalue weighted by Gasteiger charge is -2.03. The molecule has 0 saturated carbocycles. The largest absolute Gasteiger partial charge is 0.392 e. The minimum absolute atomic E-state index is 0.140. The molecule has 0 atom stereocenters. The molecule has 5 nitrogen and oxygen atoms in total. The Labute approximate surface area is 90.0 Å². The standard InChI is InChI=1S/C11H9N3O2/c15-6-8-5-7-3-1-2-4-9(7)14-10(8)12-13-11(14)16/h1-5,15H,6H2,(H,13,16). The van der Waals surface area contributed by atoms with Crippen molar-refractivity contribution in [2.24, 2.45) is 0 Å². The van der Waals surface area contributed by atoms with E-state index in [1.807, 2.05) is 30.3 Å².